The summed E-state index contributed by atoms with van der Waals surface area (Å²) in [7, 11) is 0. The van der Waals surface area contributed by atoms with Crippen LogP contribution >= 0.6 is 56.9 Å². The van der Waals surface area contributed by atoms with Gasteiger partial charge in [-0.2, -0.15) is 0 Å². The molecule has 10 heteroatoms. The molecule has 166 valence electrons. The van der Waals surface area contributed by atoms with Gasteiger partial charge in [0.1, 0.15) is 22.1 Å². The van der Waals surface area contributed by atoms with Gasteiger partial charge in [0.05, 0.1) is 24.3 Å². The molecular formula is C22H17I2NO6S. The highest BCUT2D eigenvalue weighted by Gasteiger charge is 2.33. The van der Waals surface area contributed by atoms with E-state index in [1.165, 1.54) is 11.8 Å². The summed E-state index contributed by atoms with van der Waals surface area (Å²) in [5.41, 5.74) is 1.42. The van der Waals surface area contributed by atoms with Gasteiger partial charge in [0.2, 0.25) is 0 Å². The number of aliphatic hydroxyl groups is 1. The fourth-order valence-electron chi connectivity index (χ4n) is 2.70. The number of esters is 1. The lowest BCUT2D eigenvalue weighted by molar-refractivity contribution is -0.139. The van der Waals surface area contributed by atoms with Gasteiger partial charge in [0.25, 0.3) is 0 Å². The number of aliphatic imine (C=N–C) groups is 1. The van der Waals surface area contributed by atoms with Crippen LogP contribution in [-0.4, -0.2) is 40.4 Å². The van der Waals surface area contributed by atoms with E-state index in [9.17, 15) is 14.7 Å². The molecule has 3 rings (SSSR count). The number of thioether (sulfide) groups is 1. The van der Waals surface area contributed by atoms with Crippen LogP contribution in [0.5, 0.6) is 5.75 Å². The molecule has 0 aliphatic carbocycles. The van der Waals surface area contributed by atoms with Crippen molar-refractivity contribution in [2.75, 3.05) is 13.2 Å². The topological polar surface area (TPSA) is 105 Å². The molecule has 2 aromatic rings. The van der Waals surface area contributed by atoms with Crippen LogP contribution in [-0.2, 0) is 14.3 Å². The Labute approximate surface area is 215 Å². The first-order chi connectivity index (χ1) is 15.3. The molecule has 0 unspecified atom stereocenters. The third-order valence-corrected chi connectivity index (χ3v) is 6.64. The Morgan fingerprint density at radius 2 is 1.81 bits per heavy atom. The van der Waals surface area contributed by atoms with Crippen molar-refractivity contribution in [3.05, 3.63) is 71.4 Å². The van der Waals surface area contributed by atoms with Gasteiger partial charge < -0.3 is 19.7 Å². The van der Waals surface area contributed by atoms with E-state index in [1.54, 1.807) is 37.3 Å². The first-order valence-corrected chi connectivity index (χ1v) is 12.3. The fraction of sp³-hybridized carbons (Fsp3) is 0.136. The summed E-state index contributed by atoms with van der Waals surface area (Å²) >= 11 is 5.30. The SMILES string of the molecule is CCOC(=O)C1=C(O)/C(=C/c2cc(I)c(OCC(=O)O)c(I)c2)SC1=Nc1ccccc1. The zero-order valence-corrected chi connectivity index (χ0v) is 21.8. The van der Waals surface area contributed by atoms with Crippen molar-refractivity contribution in [2.45, 2.75) is 6.92 Å². The Bertz CT molecular complexity index is 1120. The summed E-state index contributed by atoms with van der Waals surface area (Å²) in [6.45, 7) is 1.43. The van der Waals surface area contributed by atoms with E-state index >= 15 is 0 Å². The number of carboxylic acids is 1. The molecule has 0 aromatic heterocycles. The minimum Gasteiger partial charge on any atom is -0.506 e. The maximum Gasteiger partial charge on any atom is 0.344 e. The molecule has 2 N–H and O–H groups in total. The van der Waals surface area contributed by atoms with Gasteiger partial charge in [-0.15, -0.1) is 0 Å². The van der Waals surface area contributed by atoms with E-state index in [4.69, 9.17) is 14.6 Å². The van der Waals surface area contributed by atoms with Crippen LogP contribution in [0.2, 0.25) is 0 Å². The van der Waals surface area contributed by atoms with Crippen LogP contribution in [0.4, 0.5) is 5.69 Å². The normalized spacial score (nSPS) is 16.0. The van der Waals surface area contributed by atoms with Crippen LogP contribution in [0.15, 0.2) is 63.7 Å². The molecule has 0 saturated heterocycles. The second-order valence-corrected chi connectivity index (χ2v) is 9.66. The van der Waals surface area contributed by atoms with Crippen molar-refractivity contribution in [1.29, 1.82) is 0 Å². The maximum absolute atomic E-state index is 12.5. The molecule has 0 spiro atoms. The average molecular weight is 677 g/mol. The summed E-state index contributed by atoms with van der Waals surface area (Å²) < 4.78 is 11.9. The molecular weight excluding hydrogens is 660 g/mol. The van der Waals surface area contributed by atoms with Crippen molar-refractivity contribution in [3.63, 3.8) is 0 Å². The Balaban J connectivity index is 1.99. The number of nitrogens with zero attached hydrogens (tertiary/aromatic N) is 1. The number of aliphatic hydroxyl groups excluding tert-OH is 1. The van der Waals surface area contributed by atoms with Crippen molar-refractivity contribution in [1.82, 2.24) is 0 Å². The van der Waals surface area contributed by atoms with Gasteiger partial charge in [0, 0.05) is 0 Å². The number of carbonyl (C=O) groups is 2. The third-order valence-electron chi connectivity index (χ3n) is 4.02. The number of aliphatic carboxylic acids is 1. The summed E-state index contributed by atoms with van der Waals surface area (Å²) in [4.78, 5) is 28.3. The van der Waals surface area contributed by atoms with Gasteiger partial charge in [-0.25, -0.2) is 14.6 Å². The predicted molar refractivity (Wildman–Crippen MR) is 140 cm³/mol. The summed E-state index contributed by atoms with van der Waals surface area (Å²) in [6, 6.07) is 12.7. The fourth-order valence-corrected chi connectivity index (χ4v) is 5.86. The lowest BCUT2D eigenvalue weighted by Gasteiger charge is -2.10. The monoisotopic (exact) mass is 677 g/mol. The van der Waals surface area contributed by atoms with Crippen LogP contribution in [0.3, 0.4) is 0 Å². The molecule has 0 fully saturated rings. The highest BCUT2D eigenvalue weighted by atomic mass is 127. The van der Waals surface area contributed by atoms with E-state index in [0.29, 0.717) is 21.4 Å². The smallest absolute Gasteiger partial charge is 0.344 e. The zero-order chi connectivity index (χ0) is 23.3. The lowest BCUT2D eigenvalue weighted by atomic mass is 10.1. The number of hydrogen-bond donors (Lipinski definition) is 2. The molecule has 0 atom stereocenters. The molecule has 1 heterocycles. The number of para-hydroxylation sites is 1. The van der Waals surface area contributed by atoms with Crippen LogP contribution < -0.4 is 4.74 Å². The summed E-state index contributed by atoms with van der Waals surface area (Å²) in [5.74, 6) is -1.42. The van der Waals surface area contributed by atoms with Crippen LogP contribution in [0.1, 0.15) is 12.5 Å². The van der Waals surface area contributed by atoms with Gasteiger partial charge >= 0.3 is 11.9 Å². The molecule has 2 aromatic carbocycles. The molecule has 7 nitrogen and oxygen atoms in total. The molecule has 1 aliphatic rings. The Morgan fingerprint density at radius 1 is 1.16 bits per heavy atom. The second kappa shape index (κ2) is 11.2. The van der Waals surface area contributed by atoms with Gasteiger partial charge in [0.15, 0.2) is 6.61 Å². The van der Waals surface area contributed by atoms with Crippen LogP contribution in [0.25, 0.3) is 6.08 Å². The predicted octanol–water partition coefficient (Wildman–Crippen LogP) is 5.55. The largest absolute Gasteiger partial charge is 0.506 e. The summed E-state index contributed by atoms with van der Waals surface area (Å²) in [5, 5.41) is 20.0. The Hall–Kier alpha value is -2.06. The number of carbonyl (C=O) groups excluding carboxylic acids is 1. The van der Waals surface area contributed by atoms with E-state index in [2.05, 4.69) is 50.2 Å². The Kier molecular flexibility index (Phi) is 8.59. The minimum absolute atomic E-state index is 0.0257. The number of rotatable bonds is 7. The number of ether oxygens (including phenoxy) is 2. The number of halogens is 2. The molecule has 0 bridgehead atoms. The van der Waals surface area contributed by atoms with Crippen LogP contribution in [0, 0.1) is 7.14 Å². The highest BCUT2D eigenvalue weighted by Crippen LogP contribution is 2.41. The van der Waals surface area contributed by atoms with E-state index in [-0.39, 0.29) is 17.9 Å². The Morgan fingerprint density at radius 3 is 2.41 bits per heavy atom. The van der Waals surface area contributed by atoms with Crippen molar-refractivity contribution < 1.29 is 29.3 Å². The molecule has 0 amide bonds. The van der Waals surface area contributed by atoms with Crippen molar-refractivity contribution in [3.8, 4) is 5.75 Å². The van der Waals surface area contributed by atoms with E-state index in [1.807, 2.05) is 18.2 Å². The van der Waals surface area contributed by atoms with Gasteiger partial charge in [-0.1, -0.05) is 30.0 Å². The third kappa shape index (κ3) is 6.04. The first-order valence-electron chi connectivity index (χ1n) is 9.28. The highest BCUT2D eigenvalue weighted by molar-refractivity contribution is 14.1. The lowest BCUT2D eigenvalue weighted by Crippen LogP contribution is -2.12. The maximum atomic E-state index is 12.5. The molecule has 32 heavy (non-hydrogen) atoms. The summed E-state index contributed by atoms with van der Waals surface area (Å²) in [6.07, 6.45) is 1.73. The molecule has 0 saturated carbocycles. The number of hydrogen-bond acceptors (Lipinski definition) is 7. The van der Waals surface area contributed by atoms with Gasteiger partial charge in [-0.05, 0) is 88.0 Å². The minimum atomic E-state index is -1.06. The van der Waals surface area contributed by atoms with Crippen molar-refractivity contribution >= 4 is 85.7 Å². The zero-order valence-electron chi connectivity index (χ0n) is 16.7. The second-order valence-electron chi connectivity index (χ2n) is 6.30. The number of carboxylic acid groups (broad SMARTS) is 1. The average Bonchev–Trinajstić information content (AvgIpc) is 3.02. The first kappa shape index (κ1) is 24.6. The quantitative estimate of drug-likeness (QED) is 0.293. The van der Waals surface area contributed by atoms with E-state index in [0.717, 1.165) is 12.7 Å². The molecule has 1 aliphatic heterocycles. The standard InChI is InChI=1S/C22H17I2NO6S/c1-2-30-22(29)18-19(28)16(32-21(18)25-13-6-4-3-5-7-13)10-12-8-14(23)20(15(24)9-12)31-11-17(26)27/h3-10,28H,2,11H2,1H3,(H,26,27)/b16-10-,25-21?. The van der Waals surface area contributed by atoms with Gasteiger partial charge in [-0.3, -0.25) is 0 Å². The number of benzene rings is 2. The van der Waals surface area contributed by atoms with E-state index < -0.39 is 18.5 Å². The van der Waals surface area contributed by atoms with Crippen molar-refractivity contribution in [2.24, 2.45) is 4.99 Å². The molecule has 0 radical (unpaired) electrons.